The normalized spacial score (nSPS) is 21.6. The van der Waals surface area contributed by atoms with Crippen LogP contribution in [0.2, 0.25) is 0 Å². The van der Waals surface area contributed by atoms with Gasteiger partial charge in [-0.25, -0.2) is 0 Å². The average molecular weight is 190 g/mol. The molecule has 2 heteroatoms. The van der Waals surface area contributed by atoms with Crippen LogP contribution in [0, 0.1) is 0 Å². The average Bonchev–Trinajstić information content (AvgIpc) is 3.01. The van der Waals surface area contributed by atoms with Gasteiger partial charge in [-0.1, -0.05) is 36.9 Å². The molecule has 1 aliphatic rings. The lowest BCUT2D eigenvalue weighted by Gasteiger charge is -2.07. The predicted octanol–water partition coefficient (Wildman–Crippen LogP) is 1.63. The number of aliphatic hydroxyl groups is 1. The van der Waals surface area contributed by atoms with Gasteiger partial charge in [0.1, 0.15) is 6.10 Å². The quantitative estimate of drug-likeness (QED) is 0.732. The second-order valence-corrected chi connectivity index (χ2v) is 3.59. The third-order valence-electron chi connectivity index (χ3n) is 2.42. The van der Waals surface area contributed by atoms with Crippen LogP contribution in [0.3, 0.4) is 0 Å². The maximum Gasteiger partial charge on any atom is 0.107 e. The molecule has 0 aliphatic carbocycles. The Morgan fingerprint density at radius 2 is 2.43 bits per heavy atom. The Morgan fingerprint density at radius 1 is 1.64 bits per heavy atom. The molecule has 1 aromatic rings. The Hall–Kier alpha value is -1.12. The van der Waals surface area contributed by atoms with Gasteiger partial charge in [0.25, 0.3) is 0 Å². The smallest absolute Gasteiger partial charge is 0.107 e. The summed E-state index contributed by atoms with van der Waals surface area (Å²) in [6.07, 6.45) is 2.16. The fraction of sp³-hybridized carbons (Fsp3) is 0.333. The Morgan fingerprint density at radius 3 is 3.07 bits per heavy atom. The van der Waals surface area contributed by atoms with Crippen LogP contribution in [0.25, 0.3) is 6.08 Å². The second kappa shape index (κ2) is 3.95. The van der Waals surface area contributed by atoms with E-state index in [2.05, 4.69) is 6.58 Å². The van der Waals surface area contributed by atoms with Crippen molar-refractivity contribution >= 4 is 6.08 Å². The van der Waals surface area contributed by atoms with Crippen molar-refractivity contribution in [2.75, 3.05) is 6.61 Å². The fourth-order valence-corrected chi connectivity index (χ4v) is 1.50. The Labute approximate surface area is 83.8 Å². The molecule has 0 bridgehead atoms. The summed E-state index contributed by atoms with van der Waals surface area (Å²) in [5, 5.41) is 9.66. The third-order valence-corrected chi connectivity index (χ3v) is 2.42. The fourth-order valence-electron chi connectivity index (χ4n) is 1.50. The monoisotopic (exact) mass is 190 g/mol. The molecule has 0 aromatic heterocycles. The molecule has 1 N–H and O–H groups in total. The van der Waals surface area contributed by atoms with E-state index in [-0.39, 0.29) is 12.2 Å². The van der Waals surface area contributed by atoms with Crippen molar-refractivity contribution < 1.29 is 9.84 Å². The van der Waals surface area contributed by atoms with Gasteiger partial charge in [-0.05, 0) is 11.1 Å². The molecule has 74 valence electrons. The van der Waals surface area contributed by atoms with Gasteiger partial charge < -0.3 is 9.84 Å². The lowest BCUT2D eigenvalue weighted by molar-refractivity contribution is 0.135. The molecule has 1 aliphatic heterocycles. The minimum atomic E-state index is -0.366. The van der Waals surface area contributed by atoms with E-state index in [9.17, 15) is 5.11 Å². The number of ether oxygens (including phenoxy) is 1. The van der Waals surface area contributed by atoms with E-state index in [1.165, 1.54) is 0 Å². The zero-order valence-corrected chi connectivity index (χ0v) is 8.02. The molecule has 1 heterocycles. The maximum absolute atomic E-state index is 9.66. The van der Waals surface area contributed by atoms with E-state index in [1.54, 1.807) is 0 Å². The predicted molar refractivity (Wildman–Crippen MR) is 56.0 cm³/mol. The molecule has 1 fully saturated rings. The van der Waals surface area contributed by atoms with Gasteiger partial charge in [-0.2, -0.15) is 0 Å². The Bertz CT molecular complexity index is 329. The molecule has 1 aromatic carbocycles. The highest BCUT2D eigenvalue weighted by Gasteiger charge is 2.30. The molecular formula is C12H14O2. The van der Waals surface area contributed by atoms with Crippen LogP contribution in [0.1, 0.15) is 11.1 Å². The summed E-state index contributed by atoms with van der Waals surface area (Å²) in [6.45, 7) is 4.41. The van der Waals surface area contributed by atoms with Gasteiger partial charge in [0.15, 0.2) is 0 Å². The van der Waals surface area contributed by atoms with Gasteiger partial charge in [-0.3, -0.25) is 0 Å². The van der Waals surface area contributed by atoms with Crippen molar-refractivity contribution in [2.45, 2.75) is 18.6 Å². The van der Waals surface area contributed by atoms with Crippen LogP contribution in [-0.4, -0.2) is 23.9 Å². The minimum absolute atomic E-state index is 0.0578. The molecule has 14 heavy (non-hydrogen) atoms. The summed E-state index contributed by atoms with van der Waals surface area (Å²) >= 11 is 0. The molecular weight excluding hydrogens is 176 g/mol. The molecule has 2 unspecified atom stereocenters. The number of aliphatic hydroxyl groups excluding tert-OH is 1. The highest BCUT2D eigenvalue weighted by molar-refractivity contribution is 5.47. The van der Waals surface area contributed by atoms with Crippen molar-refractivity contribution in [1.82, 2.24) is 0 Å². The van der Waals surface area contributed by atoms with Crippen LogP contribution in [-0.2, 0) is 11.2 Å². The topological polar surface area (TPSA) is 32.8 Å². The van der Waals surface area contributed by atoms with E-state index < -0.39 is 0 Å². The van der Waals surface area contributed by atoms with Gasteiger partial charge in [0.05, 0.1) is 12.7 Å². The van der Waals surface area contributed by atoms with E-state index in [4.69, 9.17) is 4.74 Å². The van der Waals surface area contributed by atoms with Crippen molar-refractivity contribution in [1.29, 1.82) is 0 Å². The molecule has 0 amide bonds. The van der Waals surface area contributed by atoms with E-state index in [1.807, 2.05) is 30.3 Å². The molecule has 1 saturated heterocycles. The second-order valence-electron chi connectivity index (χ2n) is 3.59. The van der Waals surface area contributed by atoms with Crippen molar-refractivity contribution in [3.8, 4) is 0 Å². The van der Waals surface area contributed by atoms with Gasteiger partial charge >= 0.3 is 0 Å². The first kappa shape index (κ1) is 9.44. The van der Waals surface area contributed by atoms with E-state index in [0.717, 1.165) is 11.1 Å². The highest BCUT2D eigenvalue weighted by atomic mass is 16.6. The zero-order chi connectivity index (χ0) is 9.97. The van der Waals surface area contributed by atoms with Gasteiger partial charge in [0, 0.05) is 6.42 Å². The van der Waals surface area contributed by atoms with Crippen molar-refractivity contribution in [3.63, 3.8) is 0 Å². The summed E-state index contributed by atoms with van der Waals surface area (Å²) in [7, 11) is 0. The van der Waals surface area contributed by atoms with Crippen molar-refractivity contribution in [2.24, 2.45) is 0 Å². The zero-order valence-electron chi connectivity index (χ0n) is 8.02. The molecule has 0 spiro atoms. The standard InChI is InChI=1S/C12H14O2/c1-2-9-4-3-5-10(6-9)7-11(13)12-8-14-12/h2-6,11-13H,1,7-8H2. The van der Waals surface area contributed by atoms with Crippen LogP contribution >= 0.6 is 0 Å². The van der Waals surface area contributed by atoms with E-state index >= 15 is 0 Å². The molecule has 2 atom stereocenters. The first-order chi connectivity index (χ1) is 6.79. The first-order valence-corrected chi connectivity index (χ1v) is 4.80. The van der Waals surface area contributed by atoms with Crippen molar-refractivity contribution in [3.05, 3.63) is 42.0 Å². The van der Waals surface area contributed by atoms with E-state index in [0.29, 0.717) is 13.0 Å². The highest BCUT2D eigenvalue weighted by Crippen LogP contribution is 2.18. The Kier molecular flexibility index (Phi) is 2.66. The molecule has 2 nitrogen and oxygen atoms in total. The lowest BCUT2D eigenvalue weighted by atomic mass is 10.0. The van der Waals surface area contributed by atoms with Crippen LogP contribution < -0.4 is 0 Å². The SMILES string of the molecule is C=Cc1cccc(CC(O)C2CO2)c1. The summed E-state index contributed by atoms with van der Waals surface area (Å²) < 4.78 is 5.03. The van der Waals surface area contributed by atoms with Gasteiger partial charge in [-0.15, -0.1) is 0 Å². The summed E-state index contributed by atoms with van der Waals surface area (Å²) in [4.78, 5) is 0. The Balaban J connectivity index is 2.03. The lowest BCUT2D eigenvalue weighted by Crippen LogP contribution is -2.17. The third kappa shape index (κ3) is 2.22. The number of hydrogen-bond donors (Lipinski definition) is 1. The first-order valence-electron chi connectivity index (χ1n) is 4.80. The maximum atomic E-state index is 9.66. The minimum Gasteiger partial charge on any atom is -0.390 e. The van der Waals surface area contributed by atoms with Gasteiger partial charge in [0.2, 0.25) is 0 Å². The summed E-state index contributed by atoms with van der Waals surface area (Å²) in [5.41, 5.74) is 2.22. The van der Waals surface area contributed by atoms with Crippen LogP contribution in [0.4, 0.5) is 0 Å². The molecule has 0 saturated carbocycles. The molecule has 0 radical (unpaired) electrons. The van der Waals surface area contributed by atoms with Crippen LogP contribution in [0.5, 0.6) is 0 Å². The number of epoxide rings is 1. The van der Waals surface area contributed by atoms with Crippen LogP contribution in [0.15, 0.2) is 30.8 Å². The number of benzene rings is 1. The molecule has 2 rings (SSSR count). The summed E-state index contributed by atoms with van der Waals surface area (Å²) in [6, 6.07) is 8.03. The number of rotatable bonds is 4. The largest absolute Gasteiger partial charge is 0.390 e. The number of hydrogen-bond acceptors (Lipinski definition) is 2. The summed E-state index contributed by atoms with van der Waals surface area (Å²) in [5.74, 6) is 0.